The summed E-state index contributed by atoms with van der Waals surface area (Å²) in [5, 5.41) is 8.85. The molecule has 2 aromatic carbocycles. The minimum absolute atomic E-state index is 0.137. The third kappa shape index (κ3) is 2.85. The Morgan fingerprint density at radius 1 is 0.950 bits per heavy atom. The van der Waals surface area contributed by atoms with Gasteiger partial charge in [0.2, 0.25) is 0 Å². The molecule has 0 aliphatic heterocycles. The number of halogens is 4. The Balaban J connectivity index is 2.35. The predicted octanol–water partition coefficient (Wildman–Crippen LogP) is 3.49. The Kier molecular flexibility index (Phi) is 4.14. The molecule has 0 bridgehead atoms. The first-order valence-electron chi connectivity index (χ1n) is 5.59. The Bertz CT molecular complexity index is 627. The quantitative estimate of drug-likeness (QED) is 0.522. The van der Waals surface area contributed by atoms with Gasteiger partial charge in [-0.15, -0.1) is 0 Å². The van der Waals surface area contributed by atoms with Crippen LogP contribution in [0.15, 0.2) is 35.3 Å². The van der Waals surface area contributed by atoms with Gasteiger partial charge in [-0.25, -0.2) is 17.6 Å². The molecule has 0 unspecified atom stereocenters. The molecular formula is C14H9F4NO. The highest BCUT2D eigenvalue weighted by molar-refractivity contribution is 5.82. The van der Waals surface area contributed by atoms with Gasteiger partial charge in [0.15, 0.2) is 23.3 Å². The largest absolute Gasteiger partial charge is 0.392 e. The van der Waals surface area contributed by atoms with E-state index in [1.165, 1.54) is 12.1 Å². The molecule has 6 heteroatoms. The van der Waals surface area contributed by atoms with Crippen molar-refractivity contribution in [3.63, 3.8) is 0 Å². The molecule has 0 spiro atoms. The van der Waals surface area contributed by atoms with Gasteiger partial charge in [-0.2, -0.15) is 0 Å². The van der Waals surface area contributed by atoms with Gasteiger partial charge >= 0.3 is 0 Å². The zero-order valence-electron chi connectivity index (χ0n) is 10.1. The predicted molar refractivity (Wildman–Crippen MR) is 65.9 cm³/mol. The molecule has 0 aliphatic carbocycles. The maximum Gasteiger partial charge on any atom is 0.170 e. The lowest BCUT2D eigenvalue weighted by Crippen LogP contribution is -2.01. The van der Waals surface area contributed by atoms with Crippen LogP contribution in [-0.4, -0.2) is 11.3 Å². The summed E-state index contributed by atoms with van der Waals surface area (Å²) in [5.74, 6) is -5.97. The van der Waals surface area contributed by atoms with Crippen molar-refractivity contribution in [3.05, 3.63) is 64.7 Å². The number of nitrogens with zero attached hydrogens (tertiary/aromatic N) is 1. The topological polar surface area (TPSA) is 32.6 Å². The lowest BCUT2D eigenvalue weighted by atomic mass is 10.2. The fourth-order valence-corrected chi connectivity index (χ4v) is 1.53. The summed E-state index contributed by atoms with van der Waals surface area (Å²) in [7, 11) is 0. The molecule has 0 atom stereocenters. The second-order valence-electron chi connectivity index (χ2n) is 3.96. The molecule has 20 heavy (non-hydrogen) atoms. The molecule has 2 aromatic rings. The van der Waals surface area contributed by atoms with Gasteiger partial charge < -0.3 is 5.11 Å². The first kappa shape index (κ1) is 14.2. The average Bonchev–Trinajstić information content (AvgIpc) is 2.46. The van der Waals surface area contributed by atoms with Crippen molar-refractivity contribution < 1.29 is 22.7 Å². The smallest absolute Gasteiger partial charge is 0.170 e. The van der Waals surface area contributed by atoms with Crippen LogP contribution >= 0.6 is 0 Å². The lowest BCUT2D eigenvalue weighted by molar-refractivity contribution is 0.282. The fourth-order valence-electron chi connectivity index (χ4n) is 1.53. The molecule has 0 radical (unpaired) electrons. The standard InChI is InChI=1S/C14H9F4NO/c15-11-5-12(16)14(18)10(13(11)17)6-19-9-3-1-8(7-20)2-4-9/h1-6,20H,7H2. The Hall–Kier alpha value is -2.21. The van der Waals surface area contributed by atoms with Crippen LogP contribution < -0.4 is 0 Å². The number of hydrogen-bond donors (Lipinski definition) is 1. The fraction of sp³-hybridized carbons (Fsp3) is 0.0714. The van der Waals surface area contributed by atoms with Gasteiger partial charge in [-0.1, -0.05) is 12.1 Å². The molecule has 0 aliphatic rings. The Labute approximate surface area is 112 Å². The van der Waals surface area contributed by atoms with E-state index < -0.39 is 28.8 Å². The minimum atomic E-state index is -1.50. The summed E-state index contributed by atoms with van der Waals surface area (Å²) >= 11 is 0. The number of hydrogen-bond acceptors (Lipinski definition) is 2. The molecule has 1 N–H and O–H groups in total. The maximum absolute atomic E-state index is 13.4. The number of aliphatic hydroxyl groups excluding tert-OH is 1. The monoisotopic (exact) mass is 283 g/mol. The number of aliphatic imine (C=N–C) groups is 1. The first-order chi connectivity index (χ1) is 9.52. The van der Waals surface area contributed by atoms with E-state index in [0.717, 1.165) is 0 Å². The summed E-state index contributed by atoms with van der Waals surface area (Å²) in [6.45, 7) is -0.150. The van der Waals surface area contributed by atoms with E-state index >= 15 is 0 Å². The van der Waals surface area contributed by atoms with Crippen LogP contribution in [0, 0.1) is 23.3 Å². The van der Waals surface area contributed by atoms with E-state index in [9.17, 15) is 17.6 Å². The van der Waals surface area contributed by atoms with Gasteiger partial charge in [0.05, 0.1) is 17.9 Å². The molecule has 0 saturated heterocycles. The second-order valence-corrected chi connectivity index (χ2v) is 3.96. The van der Waals surface area contributed by atoms with E-state index in [1.807, 2.05) is 0 Å². The third-order valence-corrected chi connectivity index (χ3v) is 2.61. The van der Waals surface area contributed by atoms with Crippen LogP contribution in [0.25, 0.3) is 0 Å². The van der Waals surface area contributed by atoms with Crippen LogP contribution in [0.2, 0.25) is 0 Å². The highest BCUT2D eigenvalue weighted by Crippen LogP contribution is 2.19. The van der Waals surface area contributed by atoms with E-state index in [2.05, 4.69) is 4.99 Å². The highest BCUT2D eigenvalue weighted by Gasteiger charge is 2.17. The van der Waals surface area contributed by atoms with Crippen LogP contribution in [0.3, 0.4) is 0 Å². The number of rotatable bonds is 3. The van der Waals surface area contributed by atoms with Crippen molar-refractivity contribution in [2.45, 2.75) is 6.61 Å². The van der Waals surface area contributed by atoms with E-state index in [-0.39, 0.29) is 12.7 Å². The van der Waals surface area contributed by atoms with Crippen molar-refractivity contribution in [2.75, 3.05) is 0 Å². The van der Waals surface area contributed by atoms with Crippen molar-refractivity contribution in [2.24, 2.45) is 4.99 Å². The average molecular weight is 283 g/mol. The molecule has 0 heterocycles. The molecule has 2 nitrogen and oxygen atoms in total. The van der Waals surface area contributed by atoms with Gasteiger partial charge in [-0.05, 0) is 17.7 Å². The van der Waals surface area contributed by atoms with E-state index in [0.29, 0.717) is 17.5 Å². The van der Waals surface area contributed by atoms with Gasteiger partial charge in [0.25, 0.3) is 0 Å². The van der Waals surface area contributed by atoms with Crippen molar-refractivity contribution in [3.8, 4) is 0 Å². The zero-order valence-corrected chi connectivity index (χ0v) is 10.1. The summed E-state index contributed by atoms with van der Waals surface area (Å²) < 4.78 is 52.7. The minimum Gasteiger partial charge on any atom is -0.392 e. The molecule has 0 aromatic heterocycles. The number of benzene rings is 2. The Morgan fingerprint density at radius 3 is 2.00 bits per heavy atom. The molecule has 0 fully saturated rings. The van der Waals surface area contributed by atoms with Crippen molar-refractivity contribution in [1.29, 1.82) is 0 Å². The van der Waals surface area contributed by atoms with Crippen molar-refractivity contribution in [1.82, 2.24) is 0 Å². The highest BCUT2D eigenvalue weighted by atomic mass is 19.2. The summed E-state index contributed by atoms with van der Waals surface area (Å²) in [5.41, 5.74) is 0.0810. The molecule has 0 saturated carbocycles. The lowest BCUT2D eigenvalue weighted by Gasteiger charge is -2.02. The summed E-state index contributed by atoms with van der Waals surface area (Å²) in [6, 6.07) is 6.25. The molecular weight excluding hydrogens is 274 g/mol. The molecule has 104 valence electrons. The maximum atomic E-state index is 13.4. The van der Waals surface area contributed by atoms with E-state index in [4.69, 9.17) is 5.11 Å². The van der Waals surface area contributed by atoms with Gasteiger partial charge in [0, 0.05) is 12.3 Å². The van der Waals surface area contributed by atoms with Crippen LogP contribution in [0.4, 0.5) is 23.2 Å². The number of aliphatic hydroxyl groups is 1. The summed E-state index contributed by atoms with van der Waals surface area (Å²) in [4.78, 5) is 3.74. The normalized spacial score (nSPS) is 11.2. The van der Waals surface area contributed by atoms with Crippen LogP contribution in [0.1, 0.15) is 11.1 Å². The zero-order chi connectivity index (χ0) is 14.7. The molecule has 0 amide bonds. The molecule has 2 rings (SSSR count). The summed E-state index contributed by atoms with van der Waals surface area (Å²) in [6.07, 6.45) is 0.713. The Morgan fingerprint density at radius 2 is 1.50 bits per heavy atom. The van der Waals surface area contributed by atoms with Crippen molar-refractivity contribution >= 4 is 11.9 Å². The van der Waals surface area contributed by atoms with E-state index in [1.54, 1.807) is 12.1 Å². The van der Waals surface area contributed by atoms with Crippen LogP contribution in [0.5, 0.6) is 0 Å². The van der Waals surface area contributed by atoms with Gasteiger partial charge in [0.1, 0.15) is 0 Å². The van der Waals surface area contributed by atoms with Crippen LogP contribution in [-0.2, 0) is 6.61 Å². The van der Waals surface area contributed by atoms with Gasteiger partial charge in [-0.3, -0.25) is 4.99 Å². The first-order valence-corrected chi connectivity index (χ1v) is 5.59. The second kappa shape index (κ2) is 5.83. The third-order valence-electron chi connectivity index (χ3n) is 2.61. The SMILES string of the molecule is OCc1ccc(N=Cc2c(F)c(F)cc(F)c2F)cc1.